The molecule has 3 rings (SSSR count). The molecule has 0 unspecified atom stereocenters. The highest BCUT2D eigenvalue weighted by molar-refractivity contribution is 5.92. The van der Waals surface area contributed by atoms with Crippen LogP contribution >= 0.6 is 0 Å². The lowest BCUT2D eigenvalue weighted by Gasteiger charge is -2.09. The molecule has 0 aliphatic heterocycles. The van der Waals surface area contributed by atoms with Gasteiger partial charge in [0.05, 0.1) is 28.6 Å². The molecule has 26 heavy (non-hydrogen) atoms. The minimum absolute atomic E-state index is 0.0727. The van der Waals surface area contributed by atoms with Crippen LogP contribution in [0.2, 0.25) is 0 Å². The fourth-order valence-electron chi connectivity index (χ4n) is 2.51. The summed E-state index contributed by atoms with van der Waals surface area (Å²) in [6, 6.07) is 7.79. The molecule has 3 aromatic rings. The largest absolute Gasteiger partial charge is 0.478 e. The van der Waals surface area contributed by atoms with Crippen molar-refractivity contribution in [3.05, 3.63) is 80.0 Å². The van der Waals surface area contributed by atoms with Crippen molar-refractivity contribution in [2.24, 2.45) is 0 Å². The van der Waals surface area contributed by atoms with Gasteiger partial charge in [-0.3, -0.25) is 9.36 Å². The third-order valence-electron chi connectivity index (χ3n) is 3.85. The molecule has 0 aliphatic rings. The van der Waals surface area contributed by atoms with Gasteiger partial charge in [0.25, 0.3) is 5.56 Å². The summed E-state index contributed by atoms with van der Waals surface area (Å²) in [4.78, 5) is 38.0. The number of nitrogens with one attached hydrogen (secondary N) is 1. The lowest BCUT2D eigenvalue weighted by Crippen LogP contribution is -2.35. The number of nitrogens with zero attached hydrogens (tertiary/aromatic N) is 1. The molecule has 9 heteroatoms. The van der Waals surface area contributed by atoms with Gasteiger partial charge >= 0.3 is 17.8 Å². The van der Waals surface area contributed by atoms with Gasteiger partial charge < -0.3 is 10.1 Å². The number of halogens is 3. The van der Waals surface area contributed by atoms with E-state index in [0.29, 0.717) is 5.56 Å². The lowest BCUT2D eigenvalue weighted by atomic mass is 10.1. The van der Waals surface area contributed by atoms with Crippen molar-refractivity contribution in [1.82, 2.24) is 9.55 Å². The highest BCUT2D eigenvalue weighted by atomic mass is 19.4. The van der Waals surface area contributed by atoms with Gasteiger partial charge in [-0.15, -0.1) is 0 Å². The fraction of sp³-hybridized carbons (Fsp3) is 0.118. The average molecular weight is 364 g/mol. The maximum Gasteiger partial charge on any atom is 0.416 e. The molecule has 0 fully saturated rings. The number of carboxylic acids is 1. The molecule has 2 aromatic carbocycles. The first-order chi connectivity index (χ1) is 12.2. The van der Waals surface area contributed by atoms with Crippen molar-refractivity contribution in [1.29, 1.82) is 0 Å². The molecule has 0 saturated heterocycles. The van der Waals surface area contributed by atoms with E-state index in [4.69, 9.17) is 5.11 Å². The van der Waals surface area contributed by atoms with E-state index in [0.717, 1.165) is 16.7 Å². The second kappa shape index (κ2) is 6.17. The number of rotatable bonds is 3. The third kappa shape index (κ3) is 3.23. The van der Waals surface area contributed by atoms with Crippen LogP contribution in [0, 0.1) is 0 Å². The van der Waals surface area contributed by atoms with Gasteiger partial charge in [-0.1, -0.05) is 12.1 Å². The summed E-state index contributed by atoms with van der Waals surface area (Å²) in [5, 5.41) is 9.06. The Morgan fingerprint density at radius 2 is 1.73 bits per heavy atom. The highest BCUT2D eigenvalue weighted by Gasteiger charge is 2.29. The van der Waals surface area contributed by atoms with Crippen LogP contribution in [0.1, 0.15) is 21.5 Å². The van der Waals surface area contributed by atoms with E-state index in [-0.39, 0.29) is 23.0 Å². The minimum Gasteiger partial charge on any atom is -0.478 e. The molecule has 0 aliphatic carbocycles. The van der Waals surface area contributed by atoms with Crippen molar-refractivity contribution in [2.45, 2.75) is 12.7 Å². The summed E-state index contributed by atoms with van der Waals surface area (Å²) in [6.45, 7) is -0.219. The molecule has 0 saturated carbocycles. The summed E-state index contributed by atoms with van der Waals surface area (Å²) in [5.74, 6) is -1.21. The molecule has 0 bridgehead atoms. The summed E-state index contributed by atoms with van der Waals surface area (Å²) in [6.07, 6.45) is -4.47. The Bertz CT molecular complexity index is 1110. The molecule has 2 N–H and O–H groups in total. The van der Waals surface area contributed by atoms with Crippen LogP contribution in [0.3, 0.4) is 0 Å². The summed E-state index contributed by atoms with van der Waals surface area (Å²) in [5.41, 5.74) is -1.96. The number of carbonyl (C=O) groups is 1. The SMILES string of the molecule is O=C(O)c1ccc2c(=O)n(Cc3ccc(C(F)(F)F)cc3)c(=O)[nH]c2c1. The predicted molar refractivity (Wildman–Crippen MR) is 86.3 cm³/mol. The molecule has 0 atom stereocenters. The van der Waals surface area contributed by atoms with Gasteiger partial charge in [-0.25, -0.2) is 9.59 Å². The van der Waals surface area contributed by atoms with E-state index in [9.17, 15) is 27.6 Å². The third-order valence-corrected chi connectivity index (χ3v) is 3.85. The zero-order valence-electron chi connectivity index (χ0n) is 13.0. The quantitative estimate of drug-likeness (QED) is 0.747. The first kappa shape index (κ1) is 17.5. The van der Waals surface area contributed by atoms with Crippen LogP contribution in [0.5, 0.6) is 0 Å². The number of hydrogen-bond donors (Lipinski definition) is 2. The minimum atomic E-state index is -4.47. The van der Waals surface area contributed by atoms with E-state index in [1.54, 1.807) is 0 Å². The number of fused-ring (bicyclic) bond motifs is 1. The zero-order chi connectivity index (χ0) is 19.1. The van der Waals surface area contributed by atoms with Gasteiger partial charge in [0, 0.05) is 0 Å². The topological polar surface area (TPSA) is 92.2 Å². The van der Waals surface area contributed by atoms with E-state index in [2.05, 4.69) is 4.98 Å². The Kier molecular flexibility index (Phi) is 4.15. The van der Waals surface area contributed by atoms with Crippen LogP contribution in [0.15, 0.2) is 52.1 Å². The number of aromatic amines is 1. The Hall–Kier alpha value is -3.36. The molecule has 6 nitrogen and oxygen atoms in total. The number of aromatic nitrogens is 2. The van der Waals surface area contributed by atoms with Crippen molar-refractivity contribution >= 4 is 16.9 Å². The van der Waals surface area contributed by atoms with Crippen molar-refractivity contribution in [3.63, 3.8) is 0 Å². The van der Waals surface area contributed by atoms with Gasteiger partial charge in [0.1, 0.15) is 0 Å². The number of H-pyrrole nitrogens is 1. The van der Waals surface area contributed by atoms with E-state index >= 15 is 0 Å². The molecular formula is C17H11F3N2O4. The maximum atomic E-state index is 12.6. The van der Waals surface area contributed by atoms with Crippen LogP contribution < -0.4 is 11.2 Å². The standard InChI is InChI=1S/C17H11F3N2O4/c18-17(19,20)11-4-1-9(2-5-11)8-22-14(23)12-6-3-10(15(24)25)7-13(12)21-16(22)26/h1-7H,8H2,(H,21,26)(H,24,25). The number of hydrogen-bond acceptors (Lipinski definition) is 3. The molecule has 1 heterocycles. The first-order valence-electron chi connectivity index (χ1n) is 7.33. The smallest absolute Gasteiger partial charge is 0.416 e. The summed E-state index contributed by atoms with van der Waals surface area (Å²) in [7, 11) is 0. The summed E-state index contributed by atoms with van der Waals surface area (Å²) >= 11 is 0. The Morgan fingerprint density at radius 3 is 2.31 bits per heavy atom. The Labute approximate surface area is 143 Å². The molecule has 1 aromatic heterocycles. The summed E-state index contributed by atoms with van der Waals surface area (Å²) < 4.78 is 38.6. The number of alkyl halides is 3. The fourth-order valence-corrected chi connectivity index (χ4v) is 2.51. The number of benzene rings is 2. The van der Waals surface area contributed by atoms with Crippen molar-refractivity contribution in [2.75, 3.05) is 0 Å². The monoisotopic (exact) mass is 364 g/mol. The Balaban J connectivity index is 2.03. The molecular weight excluding hydrogens is 353 g/mol. The second-order valence-electron chi connectivity index (χ2n) is 5.58. The second-order valence-corrected chi connectivity index (χ2v) is 5.58. The number of carboxylic acid groups (broad SMARTS) is 1. The van der Waals surface area contributed by atoms with E-state index in [1.165, 1.54) is 30.3 Å². The zero-order valence-corrected chi connectivity index (χ0v) is 13.0. The van der Waals surface area contributed by atoms with E-state index in [1.807, 2.05) is 0 Å². The number of aromatic carboxylic acids is 1. The average Bonchev–Trinajstić information content (AvgIpc) is 2.57. The lowest BCUT2D eigenvalue weighted by molar-refractivity contribution is -0.137. The Morgan fingerprint density at radius 1 is 1.08 bits per heavy atom. The van der Waals surface area contributed by atoms with Gasteiger partial charge in [-0.2, -0.15) is 13.2 Å². The van der Waals surface area contributed by atoms with E-state index < -0.39 is 29.0 Å². The predicted octanol–water partition coefficient (Wildman–Crippen LogP) is 2.46. The van der Waals surface area contributed by atoms with Crippen LogP contribution in [-0.2, 0) is 12.7 Å². The molecule has 0 radical (unpaired) electrons. The molecule has 134 valence electrons. The normalized spacial score (nSPS) is 11.7. The highest BCUT2D eigenvalue weighted by Crippen LogP contribution is 2.29. The van der Waals surface area contributed by atoms with Crippen LogP contribution in [0.4, 0.5) is 13.2 Å². The molecule has 0 spiro atoms. The first-order valence-corrected chi connectivity index (χ1v) is 7.33. The maximum absolute atomic E-state index is 12.6. The van der Waals surface area contributed by atoms with Gasteiger partial charge in [-0.05, 0) is 35.9 Å². The van der Waals surface area contributed by atoms with Crippen molar-refractivity contribution in [3.8, 4) is 0 Å². The van der Waals surface area contributed by atoms with Gasteiger partial charge in [0.15, 0.2) is 0 Å². The van der Waals surface area contributed by atoms with Crippen molar-refractivity contribution < 1.29 is 23.1 Å². The van der Waals surface area contributed by atoms with Crippen LogP contribution in [0.25, 0.3) is 10.9 Å². The van der Waals surface area contributed by atoms with Crippen LogP contribution in [-0.4, -0.2) is 20.6 Å². The molecule has 0 amide bonds. The van der Waals surface area contributed by atoms with Gasteiger partial charge in [0.2, 0.25) is 0 Å².